The highest BCUT2D eigenvalue weighted by Gasteiger charge is 2.18. The highest BCUT2D eigenvalue weighted by atomic mass is 79.9. The average Bonchev–Trinajstić information content (AvgIpc) is 2.80. The van der Waals surface area contributed by atoms with Gasteiger partial charge in [-0.3, -0.25) is 0 Å². The summed E-state index contributed by atoms with van der Waals surface area (Å²) in [6, 6.07) is 8.30. The van der Waals surface area contributed by atoms with Gasteiger partial charge in [0.2, 0.25) is 0 Å². The first-order chi connectivity index (χ1) is 9.11. The Labute approximate surface area is 125 Å². The van der Waals surface area contributed by atoms with Crippen molar-refractivity contribution in [3.63, 3.8) is 0 Å². The van der Waals surface area contributed by atoms with Crippen LogP contribution in [0.2, 0.25) is 5.02 Å². The Kier molecular flexibility index (Phi) is 5.02. The standard InChI is InChI=1S/C14H14BrClFNO/c1-2-7-18-14(12-5-6-13(15)19-12)9-3-4-10(16)11(17)8-9/h3-6,8,14,18H,2,7H2,1H3. The lowest BCUT2D eigenvalue weighted by atomic mass is 10.0. The normalized spacial score (nSPS) is 12.6. The number of hydrogen-bond donors (Lipinski definition) is 1. The van der Waals surface area contributed by atoms with Gasteiger partial charge in [-0.1, -0.05) is 24.6 Å². The molecule has 1 unspecified atom stereocenters. The summed E-state index contributed by atoms with van der Waals surface area (Å²) < 4.78 is 19.8. The van der Waals surface area contributed by atoms with E-state index in [4.69, 9.17) is 16.0 Å². The number of nitrogens with one attached hydrogen (secondary N) is 1. The second kappa shape index (κ2) is 6.55. The lowest BCUT2D eigenvalue weighted by molar-refractivity contribution is 0.432. The molecule has 0 amide bonds. The molecule has 0 fully saturated rings. The number of rotatable bonds is 5. The van der Waals surface area contributed by atoms with Gasteiger partial charge in [0.25, 0.3) is 0 Å². The molecular weight excluding hydrogens is 333 g/mol. The van der Waals surface area contributed by atoms with Gasteiger partial charge in [0.1, 0.15) is 11.6 Å². The lowest BCUT2D eigenvalue weighted by Crippen LogP contribution is -2.22. The third-order valence-electron chi connectivity index (χ3n) is 2.75. The van der Waals surface area contributed by atoms with E-state index < -0.39 is 5.82 Å². The molecule has 0 aliphatic carbocycles. The second-order valence-electron chi connectivity index (χ2n) is 4.20. The summed E-state index contributed by atoms with van der Waals surface area (Å²) in [6.07, 6.45) is 0.981. The minimum Gasteiger partial charge on any atom is -0.452 e. The van der Waals surface area contributed by atoms with Crippen LogP contribution in [0.5, 0.6) is 0 Å². The molecule has 1 aromatic heterocycles. The van der Waals surface area contributed by atoms with E-state index in [9.17, 15) is 4.39 Å². The third-order valence-corrected chi connectivity index (χ3v) is 3.49. The molecule has 1 aromatic carbocycles. The molecule has 0 spiro atoms. The minimum atomic E-state index is -0.423. The van der Waals surface area contributed by atoms with Crippen LogP contribution < -0.4 is 5.32 Å². The topological polar surface area (TPSA) is 25.2 Å². The van der Waals surface area contributed by atoms with Crippen LogP contribution in [0, 0.1) is 5.82 Å². The van der Waals surface area contributed by atoms with Gasteiger partial charge in [-0.05, 0) is 58.7 Å². The molecule has 1 heterocycles. The molecule has 2 aromatic rings. The summed E-state index contributed by atoms with van der Waals surface area (Å²) in [4.78, 5) is 0. The first-order valence-corrected chi connectivity index (χ1v) is 7.22. The molecule has 0 radical (unpaired) electrons. The lowest BCUT2D eigenvalue weighted by Gasteiger charge is -2.17. The third kappa shape index (κ3) is 3.59. The molecule has 2 rings (SSSR count). The highest BCUT2D eigenvalue weighted by Crippen LogP contribution is 2.28. The Morgan fingerprint density at radius 1 is 1.37 bits per heavy atom. The van der Waals surface area contributed by atoms with E-state index in [0.29, 0.717) is 4.67 Å². The van der Waals surface area contributed by atoms with Crippen molar-refractivity contribution in [3.8, 4) is 0 Å². The predicted octanol–water partition coefficient (Wildman–Crippen LogP) is 4.92. The largest absolute Gasteiger partial charge is 0.452 e. The number of furan rings is 1. The van der Waals surface area contributed by atoms with Crippen molar-refractivity contribution in [3.05, 3.63) is 57.2 Å². The van der Waals surface area contributed by atoms with E-state index in [-0.39, 0.29) is 11.1 Å². The SMILES string of the molecule is CCCNC(c1ccc(Cl)c(F)c1)c1ccc(Br)o1. The first-order valence-electron chi connectivity index (χ1n) is 6.05. The van der Waals surface area contributed by atoms with E-state index in [1.807, 2.05) is 12.1 Å². The molecule has 0 aliphatic rings. The Balaban J connectivity index is 2.33. The minimum absolute atomic E-state index is 0.124. The predicted molar refractivity (Wildman–Crippen MR) is 78.0 cm³/mol. The van der Waals surface area contributed by atoms with Gasteiger partial charge in [0.05, 0.1) is 11.1 Å². The summed E-state index contributed by atoms with van der Waals surface area (Å²) in [7, 11) is 0. The van der Waals surface area contributed by atoms with Crippen molar-refractivity contribution in [2.45, 2.75) is 19.4 Å². The van der Waals surface area contributed by atoms with Crippen LogP contribution in [0.15, 0.2) is 39.4 Å². The number of halogens is 3. The van der Waals surface area contributed by atoms with Gasteiger partial charge in [-0.2, -0.15) is 0 Å². The molecule has 0 aliphatic heterocycles. The fraction of sp³-hybridized carbons (Fsp3) is 0.286. The van der Waals surface area contributed by atoms with Gasteiger partial charge in [-0.15, -0.1) is 0 Å². The van der Waals surface area contributed by atoms with Gasteiger partial charge in [-0.25, -0.2) is 4.39 Å². The molecule has 1 N–H and O–H groups in total. The number of hydrogen-bond acceptors (Lipinski definition) is 2. The van der Waals surface area contributed by atoms with Gasteiger partial charge >= 0.3 is 0 Å². The van der Waals surface area contributed by atoms with Crippen molar-refractivity contribution in [2.24, 2.45) is 0 Å². The maximum atomic E-state index is 13.6. The summed E-state index contributed by atoms with van der Waals surface area (Å²) in [5.41, 5.74) is 0.789. The first kappa shape index (κ1) is 14.6. The molecule has 0 bridgehead atoms. The van der Waals surface area contributed by atoms with E-state index >= 15 is 0 Å². The maximum Gasteiger partial charge on any atom is 0.169 e. The van der Waals surface area contributed by atoms with Crippen molar-refractivity contribution >= 4 is 27.5 Å². The molecule has 102 valence electrons. The molecule has 5 heteroatoms. The average molecular weight is 347 g/mol. The monoisotopic (exact) mass is 345 g/mol. The van der Waals surface area contributed by atoms with Crippen molar-refractivity contribution < 1.29 is 8.81 Å². The van der Waals surface area contributed by atoms with Crippen LogP contribution in [-0.2, 0) is 0 Å². The van der Waals surface area contributed by atoms with Crippen LogP contribution in [-0.4, -0.2) is 6.54 Å². The maximum absolute atomic E-state index is 13.6. The number of benzene rings is 1. The summed E-state index contributed by atoms with van der Waals surface area (Å²) in [5, 5.41) is 3.46. The fourth-order valence-corrected chi connectivity index (χ4v) is 2.28. The second-order valence-corrected chi connectivity index (χ2v) is 5.39. The summed E-state index contributed by atoms with van der Waals surface area (Å²) >= 11 is 8.99. The van der Waals surface area contributed by atoms with Crippen LogP contribution >= 0.6 is 27.5 Å². The Morgan fingerprint density at radius 2 is 2.16 bits per heavy atom. The van der Waals surface area contributed by atoms with E-state index in [1.165, 1.54) is 6.07 Å². The van der Waals surface area contributed by atoms with Gasteiger partial charge < -0.3 is 9.73 Å². The highest BCUT2D eigenvalue weighted by molar-refractivity contribution is 9.10. The van der Waals surface area contributed by atoms with Gasteiger partial charge in [0, 0.05) is 0 Å². The molecule has 19 heavy (non-hydrogen) atoms. The molecule has 1 atom stereocenters. The summed E-state index contributed by atoms with van der Waals surface area (Å²) in [6.45, 7) is 2.89. The molecular formula is C14H14BrClFNO. The van der Waals surface area contributed by atoms with Crippen molar-refractivity contribution in [1.82, 2.24) is 5.32 Å². The quantitative estimate of drug-likeness (QED) is 0.831. The van der Waals surface area contributed by atoms with Crippen LogP contribution in [0.4, 0.5) is 4.39 Å². The Morgan fingerprint density at radius 3 is 2.74 bits per heavy atom. The zero-order valence-electron chi connectivity index (χ0n) is 10.4. The zero-order valence-corrected chi connectivity index (χ0v) is 12.8. The molecule has 2 nitrogen and oxygen atoms in total. The Hall–Kier alpha value is -0.840. The zero-order chi connectivity index (χ0) is 13.8. The molecule has 0 saturated heterocycles. The van der Waals surface area contributed by atoms with E-state index in [0.717, 1.165) is 24.3 Å². The van der Waals surface area contributed by atoms with Crippen molar-refractivity contribution in [2.75, 3.05) is 6.54 Å². The van der Waals surface area contributed by atoms with Crippen LogP contribution in [0.3, 0.4) is 0 Å². The molecule has 0 saturated carbocycles. The fourth-order valence-electron chi connectivity index (χ4n) is 1.85. The van der Waals surface area contributed by atoms with E-state index in [2.05, 4.69) is 28.2 Å². The summed E-state index contributed by atoms with van der Waals surface area (Å²) in [5.74, 6) is 0.315. The van der Waals surface area contributed by atoms with Gasteiger partial charge in [0.15, 0.2) is 4.67 Å². The smallest absolute Gasteiger partial charge is 0.169 e. The van der Waals surface area contributed by atoms with Crippen LogP contribution in [0.1, 0.15) is 30.7 Å². The van der Waals surface area contributed by atoms with Crippen molar-refractivity contribution in [1.29, 1.82) is 0 Å². The van der Waals surface area contributed by atoms with E-state index in [1.54, 1.807) is 12.1 Å². The van der Waals surface area contributed by atoms with Crippen LogP contribution in [0.25, 0.3) is 0 Å². The Bertz CT molecular complexity index is 558.